The first-order valence-electron chi connectivity index (χ1n) is 23.8. The van der Waals surface area contributed by atoms with Crippen molar-refractivity contribution in [3.05, 3.63) is 234 Å². The Morgan fingerprint density at radius 1 is 0.446 bits per heavy atom. The summed E-state index contributed by atoms with van der Waals surface area (Å²) >= 11 is 0. The molecular formula is C64H57N. The van der Waals surface area contributed by atoms with Crippen LogP contribution in [-0.4, -0.2) is 0 Å². The number of rotatable bonds is 8. The van der Waals surface area contributed by atoms with Crippen LogP contribution in [0.2, 0.25) is 0 Å². The fourth-order valence-corrected chi connectivity index (χ4v) is 11.4. The van der Waals surface area contributed by atoms with E-state index in [9.17, 15) is 0 Å². The predicted molar refractivity (Wildman–Crippen MR) is 277 cm³/mol. The van der Waals surface area contributed by atoms with Gasteiger partial charge in [-0.1, -0.05) is 222 Å². The second-order valence-corrected chi connectivity index (χ2v) is 19.6. The highest BCUT2D eigenvalue weighted by molar-refractivity contribution is 6.04. The van der Waals surface area contributed by atoms with Gasteiger partial charge in [-0.05, 0) is 127 Å². The molecule has 0 aromatic heterocycles. The van der Waals surface area contributed by atoms with Gasteiger partial charge in [0.25, 0.3) is 0 Å². The first kappa shape index (κ1) is 40.8. The summed E-state index contributed by atoms with van der Waals surface area (Å²) in [5.74, 6) is 0.582. The summed E-state index contributed by atoms with van der Waals surface area (Å²) in [6, 6.07) is 77.6. The molecule has 2 aliphatic carbocycles. The predicted octanol–water partition coefficient (Wildman–Crippen LogP) is 18.0. The van der Waals surface area contributed by atoms with Crippen LogP contribution in [0.15, 0.2) is 206 Å². The van der Waals surface area contributed by atoms with Crippen LogP contribution in [0, 0.1) is 0 Å². The van der Waals surface area contributed by atoms with Crippen molar-refractivity contribution in [2.45, 2.75) is 76.5 Å². The molecule has 0 amide bonds. The number of benzene rings is 9. The lowest BCUT2D eigenvalue weighted by Crippen LogP contribution is -2.22. The van der Waals surface area contributed by atoms with Gasteiger partial charge in [-0.2, -0.15) is 0 Å². The van der Waals surface area contributed by atoms with Crippen molar-refractivity contribution in [1.29, 1.82) is 0 Å². The van der Waals surface area contributed by atoms with Crippen LogP contribution in [0.4, 0.5) is 17.1 Å². The molecule has 318 valence electrons. The average molecular weight is 840 g/mol. The van der Waals surface area contributed by atoms with E-state index in [-0.39, 0.29) is 10.8 Å². The van der Waals surface area contributed by atoms with E-state index in [1.165, 1.54) is 115 Å². The van der Waals surface area contributed by atoms with Gasteiger partial charge in [0.2, 0.25) is 0 Å². The normalized spacial score (nSPS) is 16.0. The smallest absolute Gasteiger partial charge is 0.0540 e. The van der Waals surface area contributed by atoms with Crippen molar-refractivity contribution in [3.63, 3.8) is 0 Å². The maximum absolute atomic E-state index is 2.52. The van der Waals surface area contributed by atoms with Gasteiger partial charge in [-0.15, -0.1) is 0 Å². The first-order chi connectivity index (χ1) is 31.8. The molecule has 0 N–H and O–H groups in total. The molecule has 9 aromatic carbocycles. The molecular weight excluding hydrogens is 783 g/mol. The van der Waals surface area contributed by atoms with Gasteiger partial charge in [0.05, 0.1) is 11.4 Å². The van der Waals surface area contributed by atoms with E-state index in [0.717, 1.165) is 17.1 Å². The zero-order valence-corrected chi connectivity index (χ0v) is 38.2. The Hall–Kier alpha value is -6.96. The molecule has 1 unspecified atom stereocenters. The minimum Gasteiger partial charge on any atom is -0.309 e. The second kappa shape index (κ2) is 16.5. The van der Waals surface area contributed by atoms with Crippen LogP contribution in [-0.2, 0) is 10.8 Å². The van der Waals surface area contributed by atoms with Gasteiger partial charge in [-0.25, -0.2) is 0 Å². The molecule has 1 saturated carbocycles. The summed E-state index contributed by atoms with van der Waals surface area (Å²) in [7, 11) is 0. The Morgan fingerprint density at radius 2 is 0.985 bits per heavy atom. The van der Waals surface area contributed by atoms with Gasteiger partial charge in [0.1, 0.15) is 0 Å². The minimum atomic E-state index is -0.253. The largest absolute Gasteiger partial charge is 0.309 e. The van der Waals surface area contributed by atoms with Crippen molar-refractivity contribution in [3.8, 4) is 44.5 Å². The van der Waals surface area contributed by atoms with Gasteiger partial charge < -0.3 is 4.90 Å². The van der Waals surface area contributed by atoms with Gasteiger partial charge in [-0.3, -0.25) is 0 Å². The van der Waals surface area contributed by atoms with E-state index in [1.54, 1.807) is 0 Å². The van der Waals surface area contributed by atoms with Crippen molar-refractivity contribution >= 4 is 27.8 Å². The van der Waals surface area contributed by atoms with Crippen LogP contribution in [0.3, 0.4) is 0 Å². The minimum absolute atomic E-state index is 0.0703. The molecule has 0 radical (unpaired) electrons. The molecule has 2 aliphatic rings. The molecule has 1 atom stereocenters. The van der Waals surface area contributed by atoms with Gasteiger partial charge in [0.15, 0.2) is 0 Å². The molecule has 1 fully saturated rings. The van der Waals surface area contributed by atoms with Crippen LogP contribution in [0.25, 0.3) is 55.3 Å². The first-order valence-corrected chi connectivity index (χ1v) is 23.8. The summed E-state index contributed by atoms with van der Waals surface area (Å²) in [6.45, 7) is 9.26. The van der Waals surface area contributed by atoms with Crippen molar-refractivity contribution in [1.82, 2.24) is 0 Å². The van der Waals surface area contributed by atoms with E-state index >= 15 is 0 Å². The highest BCUT2D eigenvalue weighted by Crippen LogP contribution is 2.55. The molecule has 0 bridgehead atoms. The second-order valence-electron chi connectivity index (χ2n) is 19.6. The number of anilines is 3. The Bertz CT molecular complexity index is 3160. The molecule has 0 aliphatic heterocycles. The van der Waals surface area contributed by atoms with E-state index < -0.39 is 0 Å². The maximum Gasteiger partial charge on any atom is 0.0540 e. The third-order valence-electron chi connectivity index (χ3n) is 14.7. The monoisotopic (exact) mass is 839 g/mol. The Balaban J connectivity index is 1.10. The van der Waals surface area contributed by atoms with Gasteiger partial charge in [0, 0.05) is 22.2 Å². The van der Waals surface area contributed by atoms with E-state index in [1.807, 2.05) is 0 Å². The van der Waals surface area contributed by atoms with E-state index in [0.29, 0.717) is 5.92 Å². The fraction of sp³-hybridized carbons (Fsp3) is 0.188. The number of nitrogens with zero attached hydrogens (tertiary/aromatic N) is 1. The third kappa shape index (κ3) is 7.10. The van der Waals surface area contributed by atoms with Crippen molar-refractivity contribution < 1.29 is 0 Å². The summed E-state index contributed by atoms with van der Waals surface area (Å²) in [4.78, 5) is 2.52. The molecule has 0 heterocycles. The van der Waals surface area contributed by atoms with Crippen LogP contribution < -0.4 is 4.90 Å². The summed E-state index contributed by atoms with van der Waals surface area (Å²) in [5, 5.41) is 2.72. The molecule has 0 spiro atoms. The zero-order valence-electron chi connectivity index (χ0n) is 38.2. The SMILES string of the molecule is CC(C)(C)c1ccc(-c2ccccc2N(c2ccc(-c3cccc4c3-c3ccccc3C4(C)c3ccccc3)cc2)c2ccccc2-c2cccc3cccc(C4CCCCC4)c23)cc1. The highest BCUT2D eigenvalue weighted by atomic mass is 15.1. The highest BCUT2D eigenvalue weighted by Gasteiger charge is 2.41. The van der Waals surface area contributed by atoms with E-state index in [2.05, 4.69) is 239 Å². The Labute approximate surface area is 386 Å². The summed E-state index contributed by atoms with van der Waals surface area (Å²) < 4.78 is 0. The average Bonchev–Trinajstić information content (AvgIpc) is 3.63. The van der Waals surface area contributed by atoms with E-state index in [4.69, 9.17) is 0 Å². The van der Waals surface area contributed by atoms with Gasteiger partial charge >= 0.3 is 0 Å². The zero-order chi connectivity index (χ0) is 44.1. The lowest BCUT2D eigenvalue weighted by molar-refractivity contribution is 0.445. The summed E-state index contributed by atoms with van der Waals surface area (Å²) in [6.07, 6.45) is 6.48. The summed E-state index contributed by atoms with van der Waals surface area (Å²) in [5.41, 5.74) is 20.2. The van der Waals surface area contributed by atoms with Crippen LogP contribution >= 0.6 is 0 Å². The van der Waals surface area contributed by atoms with Crippen molar-refractivity contribution in [2.75, 3.05) is 4.90 Å². The topological polar surface area (TPSA) is 3.24 Å². The lowest BCUT2D eigenvalue weighted by atomic mass is 9.74. The number of hydrogen-bond acceptors (Lipinski definition) is 1. The Morgan fingerprint density at radius 3 is 1.71 bits per heavy atom. The van der Waals surface area contributed by atoms with Crippen LogP contribution in [0.5, 0.6) is 0 Å². The molecule has 9 aromatic rings. The number of para-hydroxylation sites is 2. The molecule has 65 heavy (non-hydrogen) atoms. The molecule has 11 rings (SSSR count). The standard InChI is InChI=1S/C64H57N/c1-63(2,3)48-40-36-45(37-41-48)51-26-12-15-34-59(51)65(60-35-16-13-27-54(60)55-31-18-23-47-22-17-29-52(61(47)55)44-20-7-5-8-21-44)50-42-38-46(39-43-50)53-30-19-33-58-62(53)56-28-11-14-32-57(56)64(58,4)49-24-9-6-10-25-49/h6,9-19,22-44H,5,7-8,20-21H2,1-4H3. The third-order valence-corrected chi connectivity index (χ3v) is 14.7. The number of fused-ring (bicyclic) bond motifs is 4. The lowest BCUT2D eigenvalue weighted by Gasteiger charge is -2.31. The molecule has 1 nitrogen and oxygen atoms in total. The molecule has 0 saturated heterocycles. The van der Waals surface area contributed by atoms with Crippen LogP contribution in [0.1, 0.15) is 93.5 Å². The maximum atomic E-state index is 2.52. The molecule has 1 heteroatoms. The van der Waals surface area contributed by atoms with Crippen molar-refractivity contribution in [2.24, 2.45) is 0 Å². The fourth-order valence-electron chi connectivity index (χ4n) is 11.4. The number of hydrogen-bond donors (Lipinski definition) is 0. The quantitative estimate of drug-likeness (QED) is 0.147. The Kier molecular flexibility index (Phi) is 10.4.